The van der Waals surface area contributed by atoms with Gasteiger partial charge in [0.15, 0.2) is 0 Å². The number of carbonyl (C=O) groups excluding carboxylic acids is 1. The standard InChI is InChI=1S/C21H25IN2O2/c22-17-6-4-5-15(13-17)20(25)19-10-9-18-8-7-16(14-24(18)19)21(26)23-11-2-1-3-12-23/h4-8,13-14,18-20,25H,1-3,9-12H2. The van der Waals surface area contributed by atoms with Crippen molar-refractivity contribution in [2.45, 2.75) is 50.3 Å². The van der Waals surface area contributed by atoms with Gasteiger partial charge in [-0.2, -0.15) is 0 Å². The molecule has 1 aromatic carbocycles. The summed E-state index contributed by atoms with van der Waals surface area (Å²) in [6.45, 7) is 1.73. The summed E-state index contributed by atoms with van der Waals surface area (Å²) >= 11 is 2.28. The largest absolute Gasteiger partial charge is 0.386 e. The fourth-order valence-corrected chi connectivity index (χ4v) is 4.90. The molecule has 3 unspecified atom stereocenters. The summed E-state index contributed by atoms with van der Waals surface area (Å²) in [5.41, 5.74) is 1.71. The first-order chi connectivity index (χ1) is 12.6. The Morgan fingerprint density at radius 1 is 1.19 bits per heavy atom. The van der Waals surface area contributed by atoms with E-state index in [2.05, 4.69) is 33.6 Å². The van der Waals surface area contributed by atoms with Crippen molar-refractivity contribution >= 4 is 28.5 Å². The molecular weight excluding hydrogens is 439 g/mol. The molecule has 1 aromatic rings. The van der Waals surface area contributed by atoms with Gasteiger partial charge >= 0.3 is 0 Å². The fourth-order valence-electron chi connectivity index (χ4n) is 4.33. The van der Waals surface area contributed by atoms with Gasteiger partial charge in [0.25, 0.3) is 5.91 Å². The molecule has 3 atom stereocenters. The fraction of sp³-hybridized carbons (Fsp3) is 0.476. The maximum atomic E-state index is 12.8. The van der Waals surface area contributed by atoms with Crippen LogP contribution < -0.4 is 0 Å². The lowest BCUT2D eigenvalue weighted by Gasteiger charge is -2.34. The quantitative estimate of drug-likeness (QED) is 0.696. The molecule has 0 radical (unpaired) electrons. The highest BCUT2D eigenvalue weighted by Gasteiger charge is 2.37. The number of piperidine rings is 1. The van der Waals surface area contributed by atoms with Crippen molar-refractivity contribution in [3.63, 3.8) is 0 Å². The minimum absolute atomic E-state index is 0.0207. The van der Waals surface area contributed by atoms with Crippen LogP contribution in [0.2, 0.25) is 0 Å². The SMILES string of the molecule is O=C(C1=CN2C(C=C1)CCC2C(O)c1cccc(I)c1)N1CCCCC1. The maximum absolute atomic E-state index is 12.8. The predicted molar refractivity (Wildman–Crippen MR) is 110 cm³/mol. The molecule has 0 spiro atoms. The zero-order valence-electron chi connectivity index (χ0n) is 14.9. The summed E-state index contributed by atoms with van der Waals surface area (Å²) in [6.07, 6.45) is 11.0. The van der Waals surface area contributed by atoms with Gasteiger partial charge in [0.2, 0.25) is 0 Å². The summed E-state index contributed by atoms with van der Waals surface area (Å²) in [5.74, 6) is 0.133. The lowest BCUT2D eigenvalue weighted by atomic mass is 10.0. The molecule has 26 heavy (non-hydrogen) atoms. The van der Waals surface area contributed by atoms with Gasteiger partial charge in [-0.1, -0.05) is 18.2 Å². The number of nitrogens with zero attached hydrogens (tertiary/aromatic N) is 2. The van der Waals surface area contributed by atoms with E-state index in [9.17, 15) is 9.90 Å². The van der Waals surface area contributed by atoms with Gasteiger partial charge in [-0.15, -0.1) is 0 Å². The molecule has 138 valence electrons. The molecule has 0 aliphatic carbocycles. The minimum atomic E-state index is -0.538. The first-order valence-electron chi connectivity index (χ1n) is 9.54. The van der Waals surface area contributed by atoms with Gasteiger partial charge in [0.05, 0.1) is 17.7 Å². The van der Waals surface area contributed by atoms with Crippen molar-refractivity contribution < 1.29 is 9.90 Å². The number of aliphatic hydroxyl groups excluding tert-OH is 1. The molecule has 3 aliphatic heterocycles. The third-order valence-electron chi connectivity index (χ3n) is 5.76. The average Bonchev–Trinajstić information content (AvgIpc) is 3.10. The molecule has 0 saturated carbocycles. The predicted octanol–water partition coefficient (Wildman–Crippen LogP) is 3.62. The Kier molecular flexibility index (Phi) is 5.36. The summed E-state index contributed by atoms with van der Waals surface area (Å²) in [4.78, 5) is 17.0. The van der Waals surface area contributed by atoms with Crippen molar-refractivity contribution in [1.82, 2.24) is 9.80 Å². The normalized spacial score (nSPS) is 26.5. The van der Waals surface area contributed by atoms with E-state index in [0.29, 0.717) is 0 Å². The van der Waals surface area contributed by atoms with Gasteiger partial charge in [-0.25, -0.2) is 0 Å². The second-order valence-corrected chi connectivity index (χ2v) is 8.70. The van der Waals surface area contributed by atoms with E-state index >= 15 is 0 Å². The maximum Gasteiger partial charge on any atom is 0.255 e. The van der Waals surface area contributed by atoms with Crippen molar-refractivity contribution in [3.05, 3.63) is 57.3 Å². The van der Waals surface area contributed by atoms with Crippen molar-refractivity contribution in [2.75, 3.05) is 13.1 Å². The smallest absolute Gasteiger partial charge is 0.255 e. The van der Waals surface area contributed by atoms with Crippen LogP contribution in [0.5, 0.6) is 0 Å². The van der Waals surface area contributed by atoms with Crippen molar-refractivity contribution in [2.24, 2.45) is 0 Å². The van der Waals surface area contributed by atoms with Gasteiger partial charge in [-0.05, 0) is 78.5 Å². The molecule has 5 heteroatoms. The molecule has 3 aliphatic rings. The lowest BCUT2D eigenvalue weighted by Crippen LogP contribution is -2.40. The van der Waals surface area contributed by atoms with Crippen LogP contribution in [0.4, 0.5) is 0 Å². The van der Waals surface area contributed by atoms with E-state index < -0.39 is 6.10 Å². The molecule has 4 nitrogen and oxygen atoms in total. The van der Waals surface area contributed by atoms with Crippen LogP contribution >= 0.6 is 22.6 Å². The highest BCUT2D eigenvalue weighted by Crippen LogP contribution is 2.36. The first kappa shape index (κ1) is 18.0. The Bertz CT molecular complexity index is 739. The zero-order valence-corrected chi connectivity index (χ0v) is 17.0. The van der Waals surface area contributed by atoms with Gasteiger partial charge < -0.3 is 14.9 Å². The molecule has 2 fully saturated rings. The van der Waals surface area contributed by atoms with Gasteiger partial charge in [0.1, 0.15) is 0 Å². The van der Waals surface area contributed by atoms with Crippen LogP contribution in [0.15, 0.2) is 48.2 Å². The van der Waals surface area contributed by atoms with E-state index in [1.165, 1.54) is 6.42 Å². The molecule has 0 bridgehead atoms. The highest BCUT2D eigenvalue weighted by atomic mass is 127. The average molecular weight is 464 g/mol. The topological polar surface area (TPSA) is 43.8 Å². The Labute approximate surface area is 168 Å². The number of benzene rings is 1. The van der Waals surface area contributed by atoms with E-state index in [4.69, 9.17) is 0 Å². The Hall–Kier alpha value is -1.34. The molecule has 0 aromatic heterocycles. The third kappa shape index (κ3) is 3.56. The van der Waals surface area contributed by atoms with E-state index in [-0.39, 0.29) is 18.0 Å². The van der Waals surface area contributed by atoms with E-state index in [1.54, 1.807) is 0 Å². The van der Waals surface area contributed by atoms with Crippen LogP contribution in [0.25, 0.3) is 0 Å². The number of likely N-dealkylation sites (tertiary alicyclic amines) is 1. The summed E-state index contributed by atoms with van der Waals surface area (Å²) in [6, 6.07) is 8.37. The zero-order chi connectivity index (χ0) is 18.1. The number of amides is 1. The molecule has 1 N–H and O–H groups in total. The summed E-state index contributed by atoms with van der Waals surface area (Å²) in [7, 11) is 0. The third-order valence-corrected chi connectivity index (χ3v) is 6.43. The van der Waals surface area contributed by atoms with Crippen molar-refractivity contribution in [1.29, 1.82) is 0 Å². The minimum Gasteiger partial charge on any atom is -0.386 e. The molecular formula is C21H25IN2O2. The van der Waals surface area contributed by atoms with Gasteiger partial charge in [0, 0.05) is 28.9 Å². The monoisotopic (exact) mass is 464 g/mol. The second kappa shape index (κ2) is 7.72. The second-order valence-electron chi connectivity index (χ2n) is 7.46. The number of fused-ring (bicyclic) bond motifs is 1. The summed E-state index contributed by atoms with van der Waals surface area (Å²) < 4.78 is 1.13. The number of rotatable bonds is 3. The van der Waals surface area contributed by atoms with Crippen molar-refractivity contribution in [3.8, 4) is 0 Å². The number of aliphatic hydroxyl groups is 1. The highest BCUT2D eigenvalue weighted by molar-refractivity contribution is 14.1. The number of halogens is 1. The van der Waals surface area contributed by atoms with Gasteiger partial charge in [-0.3, -0.25) is 4.79 Å². The van der Waals surface area contributed by atoms with Crippen LogP contribution in [-0.2, 0) is 4.79 Å². The Balaban J connectivity index is 1.54. The Morgan fingerprint density at radius 2 is 2.00 bits per heavy atom. The molecule has 1 amide bonds. The molecule has 2 saturated heterocycles. The molecule has 4 rings (SSSR count). The number of hydrogen-bond acceptors (Lipinski definition) is 3. The number of carbonyl (C=O) groups is 1. The lowest BCUT2D eigenvalue weighted by molar-refractivity contribution is -0.127. The van der Waals surface area contributed by atoms with Crippen LogP contribution in [0, 0.1) is 3.57 Å². The Morgan fingerprint density at radius 3 is 2.77 bits per heavy atom. The van der Waals surface area contributed by atoms with E-state index in [1.807, 2.05) is 41.4 Å². The first-order valence-corrected chi connectivity index (χ1v) is 10.6. The van der Waals surface area contributed by atoms with E-state index in [0.717, 1.165) is 53.5 Å². The summed E-state index contributed by atoms with van der Waals surface area (Å²) in [5, 5.41) is 11.0. The molecule has 3 heterocycles. The van der Waals surface area contributed by atoms with Crippen LogP contribution in [-0.4, -0.2) is 46.0 Å². The van der Waals surface area contributed by atoms with Crippen LogP contribution in [0.3, 0.4) is 0 Å². The van der Waals surface area contributed by atoms with Crippen LogP contribution in [0.1, 0.15) is 43.8 Å². The number of hydrogen-bond donors (Lipinski definition) is 1.